The topological polar surface area (TPSA) is 64.1 Å². The molecule has 2 rings (SSSR count). The summed E-state index contributed by atoms with van der Waals surface area (Å²) in [6.45, 7) is 2.19. The van der Waals surface area contributed by atoms with Crippen molar-refractivity contribution in [2.24, 2.45) is 5.92 Å². The number of hydrogen-bond donors (Lipinski definition) is 1. The molecule has 2 aliphatic heterocycles. The van der Waals surface area contributed by atoms with Crippen LogP contribution in [-0.2, 0) is 4.79 Å². The van der Waals surface area contributed by atoms with E-state index in [9.17, 15) is 9.59 Å². The summed E-state index contributed by atoms with van der Waals surface area (Å²) in [5.41, 5.74) is 0. The van der Waals surface area contributed by atoms with Crippen LogP contribution in [-0.4, -0.2) is 77.6 Å². The van der Waals surface area contributed by atoms with Crippen molar-refractivity contribution in [3.8, 4) is 12.3 Å². The highest BCUT2D eigenvalue weighted by atomic mass is 16.4. The van der Waals surface area contributed by atoms with Crippen LogP contribution in [0.3, 0.4) is 0 Å². The number of carboxylic acids is 1. The number of terminal acetylenes is 1. The van der Waals surface area contributed by atoms with Gasteiger partial charge in [0, 0.05) is 19.1 Å². The zero-order valence-corrected chi connectivity index (χ0v) is 12.5. The Morgan fingerprint density at radius 3 is 2.81 bits per heavy atom. The molecule has 1 N–H and O–H groups in total. The lowest BCUT2D eigenvalue weighted by atomic mass is 9.84. The van der Waals surface area contributed by atoms with E-state index in [0.29, 0.717) is 25.0 Å². The Kier molecular flexibility index (Phi) is 5.07. The minimum atomic E-state index is -1.04. The van der Waals surface area contributed by atoms with Crippen LogP contribution in [0.1, 0.15) is 19.3 Å². The molecule has 0 saturated carbocycles. The first-order valence-corrected chi connectivity index (χ1v) is 7.42. The first kappa shape index (κ1) is 15.6. The monoisotopic (exact) mass is 293 g/mol. The lowest BCUT2D eigenvalue weighted by Gasteiger charge is -2.46. The number of urea groups is 1. The molecule has 0 aliphatic carbocycles. The summed E-state index contributed by atoms with van der Waals surface area (Å²) in [4.78, 5) is 28.7. The normalized spacial score (nSPS) is 25.8. The minimum Gasteiger partial charge on any atom is -0.480 e. The van der Waals surface area contributed by atoms with Gasteiger partial charge in [-0.05, 0) is 38.8 Å². The van der Waals surface area contributed by atoms with E-state index in [-0.39, 0.29) is 19.1 Å². The van der Waals surface area contributed by atoms with Crippen molar-refractivity contribution >= 4 is 12.0 Å². The van der Waals surface area contributed by atoms with E-state index < -0.39 is 5.97 Å². The van der Waals surface area contributed by atoms with Gasteiger partial charge in [0.15, 0.2) is 0 Å². The molecule has 0 aromatic carbocycles. The van der Waals surface area contributed by atoms with Crippen LogP contribution in [0.4, 0.5) is 4.79 Å². The number of carbonyl (C=O) groups excluding carboxylic acids is 1. The van der Waals surface area contributed by atoms with Gasteiger partial charge in [0.05, 0.1) is 6.54 Å². The quantitative estimate of drug-likeness (QED) is 0.772. The molecular weight excluding hydrogens is 270 g/mol. The van der Waals surface area contributed by atoms with Gasteiger partial charge in [-0.1, -0.05) is 5.92 Å². The largest absolute Gasteiger partial charge is 0.480 e. The van der Waals surface area contributed by atoms with Crippen LogP contribution >= 0.6 is 0 Å². The van der Waals surface area contributed by atoms with E-state index in [2.05, 4.69) is 17.9 Å². The number of carboxylic acid groups (broad SMARTS) is 1. The highest BCUT2D eigenvalue weighted by Crippen LogP contribution is 2.29. The van der Waals surface area contributed by atoms with Crippen molar-refractivity contribution in [3.05, 3.63) is 0 Å². The predicted octanol–water partition coefficient (Wildman–Crippen LogP) is 0.542. The van der Waals surface area contributed by atoms with Crippen molar-refractivity contribution in [1.29, 1.82) is 0 Å². The second-order valence-corrected chi connectivity index (χ2v) is 5.92. The molecule has 0 spiro atoms. The van der Waals surface area contributed by atoms with E-state index in [1.807, 2.05) is 0 Å². The maximum atomic E-state index is 12.5. The molecule has 0 aromatic heterocycles. The Hall–Kier alpha value is -1.74. The molecule has 2 atom stereocenters. The molecule has 2 saturated heterocycles. The molecule has 2 heterocycles. The maximum Gasteiger partial charge on any atom is 0.323 e. The Bertz CT molecular complexity index is 446. The van der Waals surface area contributed by atoms with Crippen LogP contribution < -0.4 is 0 Å². The summed E-state index contributed by atoms with van der Waals surface area (Å²) in [5, 5.41) is 8.89. The van der Waals surface area contributed by atoms with Gasteiger partial charge in [0.2, 0.25) is 0 Å². The van der Waals surface area contributed by atoms with Crippen LogP contribution in [0.25, 0.3) is 0 Å². The predicted molar refractivity (Wildman–Crippen MR) is 78.8 cm³/mol. The lowest BCUT2D eigenvalue weighted by molar-refractivity contribution is -0.137. The second-order valence-electron chi connectivity index (χ2n) is 5.92. The average molecular weight is 293 g/mol. The fraction of sp³-hybridized carbons (Fsp3) is 0.733. The number of rotatable bonds is 3. The van der Waals surface area contributed by atoms with E-state index in [0.717, 1.165) is 25.8 Å². The van der Waals surface area contributed by atoms with Crippen molar-refractivity contribution in [3.63, 3.8) is 0 Å². The molecule has 6 heteroatoms. The Morgan fingerprint density at radius 2 is 2.14 bits per heavy atom. The molecule has 2 fully saturated rings. The molecule has 116 valence electrons. The van der Waals surface area contributed by atoms with Gasteiger partial charge in [-0.15, -0.1) is 6.42 Å². The number of piperidine rings is 2. The lowest BCUT2D eigenvalue weighted by Crippen LogP contribution is -2.56. The SMILES string of the molecule is C#CCN(CC(=O)O)C(=O)N1CCC2C(CCCN2C)C1. The summed E-state index contributed by atoms with van der Waals surface area (Å²) >= 11 is 0. The smallest absolute Gasteiger partial charge is 0.323 e. The van der Waals surface area contributed by atoms with Gasteiger partial charge in [0.25, 0.3) is 0 Å². The first-order chi connectivity index (χ1) is 10.0. The number of amides is 2. The second kappa shape index (κ2) is 6.81. The molecule has 0 radical (unpaired) electrons. The van der Waals surface area contributed by atoms with Crippen molar-refractivity contribution in [2.75, 3.05) is 39.8 Å². The van der Waals surface area contributed by atoms with E-state index >= 15 is 0 Å². The van der Waals surface area contributed by atoms with Crippen molar-refractivity contribution in [1.82, 2.24) is 14.7 Å². The standard InChI is InChI=1S/C15H23N3O3/c1-3-7-17(11-14(19)20)15(21)18-9-6-13-12(10-18)5-4-8-16(13)2/h1,12-13H,4-11H2,2H3,(H,19,20). The minimum absolute atomic E-state index is 0.0373. The Labute approximate surface area is 125 Å². The summed E-state index contributed by atoms with van der Waals surface area (Å²) in [6.07, 6.45) is 8.47. The molecule has 2 aliphatic rings. The van der Waals surface area contributed by atoms with Crippen LogP contribution in [0.2, 0.25) is 0 Å². The number of hydrogen-bond acceptors (Lipinski definition) is 3. The number of fused-ring (bicyclic) bond motifs is 1. The van der Waals surface area contributed by atoms with Crippen molar-refractivity contribution < 1.29 is 14.7 Å². The molecular formula is C15H23N3O3. The molecule has 0 aromatic rings. The van der Waals surface area contributed by atoms with Crippen LogP contribution in [0.5, 0.6) is 0 Å². The van der Waals surface area contributed by atoms with E-state index in [1.165, 1.54) is 4.90 Å². The van der Waals surface area contributed by atoms with Crippen molar-refractivity contribution in [2.45, 2.75) is 25.3 Å². The zero-order chi connectivity index (χ0) is 15.4. The third-order valence-electron chi connectivity index (χ3n) is 4.50. The highest BCUT2D eigenvalue weighted by Gasteiger charge is 2.36. The number of likely N-dealkylation sites (tertiary alicyclic amines) is 2. The Balaban J connectivity index is 1.99. The van der Waals surface area contributed by atoms with Crippen LogP contribution in [0.15, 0.2) is 0 Å². The summed E-state index contributed by atoms with van der Waals surface area (Å²) in [5.74, 6) is 1.81. The Morgan fingerprint density at radius 1 is 1.38 bits per heavy atom. The number of carbonyl (C=O) groups is 2. The number of nitrogens with zero attached hydrogens (tertiary/aromatic N) is 3. The molecule has 2 unspecified atom stereocenters. The molecule has 0 bridgehead atoms. The third kappa shape index (κ3) is 3.67. The summed E-state index contributed by atoms with van der Waals surface area (Å²) in [7, 11) is 2.14. The summed E-state index contributed by atoms with van der Waals surface area (Å²) in [6, 6.07) is 0.297. The third-order valence-corrected chi connectivity index (χ3v) is 4.50. The van der Waals surface area contributed by atoms with Gasteiger partial charge in [-0.3, -0.25) is 4.79 Å². The molecule has 6 nitrogen and oxygen atoms in total. The highest BCUT2D eigenvalue weighted by molar-refractivity contribution is 5.80. The van der Waals surface area contributed by atoms with Gasteiger partial charge in [-0.2, -0.15) is 0 Å². The van der Waals surface area contributed by atoms with E-state index in [4.69, 9.17) is 11.5 Å². The maximum absolute atomic E-state index is 12.5. The average Bonchev–Trinajstić information content (AvgIpc) is 2.45. The molecule has 2 amide bonds. The first-order valence-electron chi connectivity index (χ1n) is 7.42. The zero-order valence-electron chi connectivity index (χ0n) is 12.5. The fourth-order valence-corrected chi connectivity index (χ4v) is 3.49. The molecule has 21 heavy (non-hydrogen) atoms. The van der Waals surface area contributed by atoms with Gasteiger partial charge in [-0.25, -0.2) is 4.79 Å². The fourth-order valence-electron chi connectivity index (χ4n) is 3.49. The van der Waals surface area contributed by atoms with Gasteiger partial charge in [0.1, 0.15) is 6.54 Å². The van der Waals surface area contributed by atoms with Gasteiger partial charge >= 0.3 is 12.0 Å². The number of aliphatic carboxylic acids is 1. The van der Waals surface area contributed by atoms with Gasteiger partial charge < -0.3 is 19.8 Å². The van der Waals surface area contributed by atoms with Crippen LogP contribution in [0, 0.1) is 18.3 Å². The summed E-state index contributed by atoms with van der Waals surface area (Å²) < 4.78 is 0. The van der Waals surface area contributed by atoms with E-state index in [1.54, 1.807) is 4.90 Å².